The molecule has 6 nitrogen and oxygen atoms in total. The molecule has 7 heteroatoms. The van der Waals surface area contributed by atoms with Crippen molar-refractivity contribution in [2.45, 2.75) is 31.8 Å². The van der Waals surface area contributed by atoms with Crippen LogP contribution in [0.3, 0.4) is 0 Å². The summed E-state index contributed by atoms with van der Waals surface area (Å²) in [5.41, 5.74) is 2.11. The van der Waals surface area contributed by atoms with Gasteiger partial charge in [-0.15, -0.1) is 11.3 Å². The van der Waals surface area contributed by atoms with E-state index in [9.17, 15) is 4.79 Å². The summed E-state index contributed by atoms with van der Waals surface area (Å²) in [6.07, 6.45) is 4.06. The molecule has 0 saturated carbocycles. The van der Waals surface area contributed by atoms with Crippen LogP contribution in [0, 0.1) is 5.92 Å². The van der Waals surface area contributed by atoms with E-state index in [0.29, 0.717) is 12.5 Å². The fraction of sp³-hybridized carbons (Fsp3) is 0.579. The molecule has 2 aromatic rings. The number of imidazole rings is 1. The predicted octanol–water partition coefficient (Wildman–Crippen LogP) is 2.12. The van der Waals surface area contributed by atoms with Gasteiger partial charge >= 0.3 is 0 Å². The maximum absolute atomic E-state index is 12.9. The van der Waals surface area contributed by atoms with Crippen molar-refractivity contribution in [3.63, 3.8) is 0 Å². The van der Waals surface area contributed by atoms with Gasteiger partial charge in [-0.3, -0.25) is 9.69 Å². The van der Waals surface area contributed by atoms with Crippen molar-refractivity contribution in [1.82, 2.24) is 19.8 Å². The van der Waals surface area contributed by atoms with Crippen molar-refractivity contribution in [2.24, 2.45) is 13.0 Å². The van der Waals surface area contributed by atoms with E-state index in [0.717, 1.165) is 57.1 Å². The van der Waals surface area contributed by atoms with Gasteiger partial charge in [0, 0.05) is 44.8 Å². The van der Waals surface area contributed by atoms with Crippen LogP contribution in [0.15, 0.2) is 23.8 Å². The van der Waals surface area contributed by atoms with E-state index >= 15 is 0 Å². The Morgan fingerprint density at radius 3 is 3.04 bits per heavy atom. The molecule has 1 amide bonds. The number of fused-ring (bicyclic) bond motifs is 1. The number of carbonyl (C=O) groups excluding carboxylic acids is 1. The first kappa shape index (κ1) is 17.7. The van der Waals surface area contributed by atoms with Gasteiger partial charge in [-0.25, -0.2) is 4.98 Å². The van der Waals surface area contributed by atoms with Gasteiger partial charge in [-0.1, -0.05) is 6.07 Å². The second-order valence-corrected chi connectivity index (χ2v) is 8.32. The minimum absolute atomic E-state index is 0.0972. The highest BCUT2D eigenvalue weighted by molar-refractivity contribution is 7.09. The first-order valence-electron chi connectivity index (χ1n) is 9.31. The Morgan fingerprint density at radius 1 is 1.42 bits per heavy atom. The van der Waals surface area contributed by atoms with E-state index < -0.39 is 0 Å². The summed E-state index contributed by atoms with van der Waals surface area (Å²) in [7, 11) is 1.99. The lowest BCUT2D eigenvalue weighted by atomic mass is 9.94. The van der Waals surface area contributed by atoms with Crippen molar-refractivity contribution in [3.05, 3.63) is 40.1 Å². The molecule has 0 spiro atoms. The van der Waals surface area contributed by atoms with Gasteiger partial charge in [-0.2, -0.15) is 0 Å². The van der Waals surface area contributed by atoms with Gasteiger partial charge in [0.1, 0.15) is 0 Å². The van der Waals surface area contributed by atoms with Crippen LogP contribution in [0.25, 0.3) is 0 Å². The van der Waals surface area contributed by atoms with Gasteiger partial charge < -0.3 is 14.6 Å². The summed E-state index contributed by atoms with van der Waals surface area (Å²) < 4.78 is 7.49. The number of rotatable bonds is 5. The first-order chi connectivity index (χ1) is 12.7. The zero-order valence-corrected chi connectivity index (χ0v) is 16.0. The van der Waals surface area contributed by atoms with Gasteiger partial charge in [0.2, 0.25) is 5.91 Å². The molecule has 2 aliphatic heterocycles. The third kappa shape index (κ3) is 3.84. The smallest absolute Gasteiger partial charge is 0.230 e. The molecule has 0 unspecified atom stereocenters. The number of hydrogen-bond acceptors (Lipinski definition) is 5. The number of aromatic nitrogens is 2. The number of hydrogen-bond donors (Lipinski definition) is 1. The molecule has 1 fully saturated rings. The van der Waals surface area contributed by atoms with Crippen LogP contribution < -0.4 is 5.32 Å². The Bertz CT molecular complexity index is 737. The highest BCUT2D eigenvalue weighted by atomic mass is 32.1. The molecule has 0 bridgehead atoms. The number of ether oxygens (including phenoxy) is 1. The van der Waals surface area contributed by atoms with Crippen molar-refractivity contribution in [3.8, 4) is 0 Å². The lowest BCUT2D eigenvalue weighted by Gasteiger charge is -2.35. The Balaban J connectivity index is 1.46. The zero-order chi connectivity index (χ0) is 17.9. The lowest BCUT2D eigenvalue weighted by molar-refractivity contribution is -0.123. The lowest BCUT2D eigenvalue weighted by Crippen LogP contribution is -2.44. The number of nitrogens with zero attached hydrogens (tertiary/aromatic N) is 3. The molecular weight excluding hydrogens is 348 g/mol. The minimum atomic E-state index is -0.161. The summed E-state index contributed by atoms with van der Waals surface area (Å²) in [6.45, 7) is 4.94. The molecule has 4 heterocycles. The van der Waals surface area contributed by atoms with Gasteiger partial charge in [-0.05, 0) is 30.2 Å². The number of amides is 1. The molecule has 0 aliphatic carbocycles. The Labute approximate surface area is 158 Å². The van der Waals surface area contributed by atoms with E-state index in [4.69, 9.17) is 4.74 Å². The summed E-state index contributed by atoms with van der Waals surface area (Å²) in [4.78, 5) is 21.1. The molecule has 0 aromatic carbocycles. The summed E-state index contributed by atoms with van der Waals surface area (Å²) in [6, 6.07) is 4.07. The van der Waals surface area contributed by atoms with Crippen molar-refractivity contribution in [2.75, 3.05) is 26.3 Å². The van der Waals surface area contributed by atoms with Gasteiger partial charge in [0.05, 0.1) is 30.2 Å². The maximum atomic E-state index is 12.9. The Morgan fingerprint density at radius 2 is 2.27 bits per heavy atom. The number of aryl methyl sites for hydroxylation is 1. The van der Waals surface area contributed by atoms with E-state index in [1.165, 1.54) is 4.88 Å². The fourth-order valence-electron chi connectivity index (χ4n) is 4.03. The average molecular weight is 375 g/mol. The molecule has 0 radical (unpaired) electrons. The summed E-state index contributed by atoms with van der Waals surface area (Å²) in [5.74, 6) is 0.592. The second-order valence-electron chi connectivity index (χ2n) is 7.29. The Hall–Kier alpha value is -1.70. The van der Waals surface area contributed by atoms with E-state index in [2.05, 4.69) is 21.3 Å². The van der Waals surface area contributed by atoms with Gasteiger partial charge in [0.25, 0.3) is 0 Å². The third-order valence-electron chi connectivity index (χ3n) is 5.40. The monoisotopic (exact) mass is 374 g/mol. The van der Waals surface area contributed by atoms with Crippen LogP contribution >= 0.6 is 11.3 Å². The quantitative estimate of drug-likeness (QED) is 0.871. The largest absolute Gasteiger partial charge is 0.381 e. The topological polar surface area (TPSA) is 59.4 Å². The van der Waals surface area contributed by atoms with Crippen LogP contribution in [-0.4, -0.2) is 46.7 Å². The highest BCUT2D eigenvalue weighted by Gasteiger charge is 2.34. The molecular formula is C19H26N4O2S. The Kier molecular flexibility index (Phi) is 5.38. The highest BCUT2D eigenvalue weighted by Crippen LogP contribution is 2.29. The predicted molar refractivity (Wildman–Crippen MR) is 101 cm³/mol. The number of thiophene rings is 1. The van der Waals surface area contributed by atoms with Crippen LogP contribution in [0.1, 0.15) is 35.0 Å². The SMILES string of the molecule is Cn1cnc2c1[C@@H](C(=O)NCc1cccs1)CN(CC1CCOCC1)C2. The third-order valence-corrected chi connectivity index (χ3v) is 6.27. The summed E-state index contributed by atoms with van der Waals surface area (Å²) >= 11 is 1.67. The normalized spacial score (nSPS) is 21.5. The molecule has 2 aliphatic rings. The van der Waals surface area contributed by atoms with Gasteiger partial charge in [0.15, 0.2) is 0 Å². The van der Waals surface area contributed by atoms with Crippen molar-refractivity contribution >= 4 is 17.2 Å². The standard InChI is InChI=1S/C19H26N4O2S/c1-22-13-21-17-12-23(10-14-4-6-25-7-5-14)11-16(18(17)22)19(24)20-9-15-3-2-8-26-15/h2-3,8,13-14,16H,4-7,9-12H2,1H3,(H,20,24)/t16-/m0/s1. The minimum Gasteiger partial charge on any atom is -0.381 e. The fourth-order valence-corrected chi connectivity index (χ4v) is 4.67. The zero-order valence-electron chi connectivity index (χ0n) is 15.2. The second kappa shape index (κ2) is 7.90. The molecule has 4 rings (SSSR count). The molecule has 1 saturated heterocycles. The average Bonchev–Trinajstić information content (AvgIpc) is 3.30. The van der Waals surface area contributed by atoms with Crippen LogP contribution in [0.5, 0.6) is 0 Å². The molecule has 140 valence electrons. The molecule has 1 atom stereocenters. The van der Waals surface area contributed by atoms with Crippen LogP contribution in [0.4, 0.5) is 0 Å². The first-order valence-corrected chi connectivity index (χ1v) is 10.2. The maximum Gasteiger partial charge on any atom is 0.230 e. The van der Waals surface area contributed by atoms with Crippen LogP contribution in [-0.2, 0) is 29.7 Å². The molecule has 1 N–H and O–H groups in total. The summed E-state index contributed by atoms with van der Waals surface area (Å²) in [5, 5.41) is 5.16. The number of nitrogens with one attached hydrogen (secondary N) is 1. The van der Waals surface area contributed by atoms with Crippen LogP contribution in [0.2, 0.25) is 0 Å². The van der Waals surface area contributed by atoms with E-state index in [1.807, 2.05) is 29.4 Å². The van der Waals surface area contributed by atoms with E-state index in [-0.39, 0.29) is 11.8 Å². The van der Waals surface area contributed by atoms with Crippen molar-refractivity contribution in [1.29, 1.82) is 0 Å². The van der Waals surface area contributed by atoms with E-state index in [1.54, 1.807) is 11.3 Å². The molecule has 2 aromatic heterocycles. The van der Waals surface area contributed by atoms with Crippen molar-refractivity contribution < 1.29 is 9.53 Å². The number of carbonyl (C=O) groups is 1. The molecule has 26 heavy (non-hydrogen) atoms.